The Morgan fingerprint density at radius 2 is 2.23 bits per heavy atom. The van der Waals surface area contributed by atoms with Gasteiger partial charge in [0.05, 0.1) is 24.7 Å². The van der Waals surface area contributed by atoms with E-state index in [4.69, 9.17) is 4.74 Å². The molecule has 22 heavy (non-hydrogen) atoms. The van der Waals surface area contributed by atoms with Crippen molar-refractivity contribution in [2.45, 2.75) is 26.4 Å². The Bertz CT molecular complexity index is 526. The Kier molecular flexibility index (Phi) is 5.79. The van der Waals surface area contributed by atoms with Gasteiger partial charge in [-0.15, -0.1) is 0 Å². The number of likely N-dealkylation sites (tertiary alicyclic amines) is 1. The van der Waals surface area contributed by atoms with E-state index in [1.165, 1.54) is 0 Å². The summed E-state index contributed by atoms with van der Waals surface area (Å²) in [6.45, 7) is 4.63. The maximum Gasteiger partial charge on any atom is 0.317 e. The number of nitrogens with one attached hydrogen (secondary N) is 1. The third-order valence-electron chi connectivity index (χ3n) is 3.89. The monoisotopic (exact) mass is 301 g/mol. The molecule has 1 aliphatic rings. The van der Waals surface area contributed by atoms with E-state index in [1.54, 1.807) is 4.90 Å². The molecule has 5 heteroatoms. The Morgan fingerprint density at radius 3 is 2.95 bits per heavy atom. The highest BCUT2D eigenvalue weighted by atomic mass is 16.5. The predicted octanol–water partition coefficient (Wildman–Crippen LogP) is 2.54. The number of hydrogen-bond acceptors (Lipinski definition) is 3. The fourth-order valence-corrected chi connectivity index (χ4v) is 2.61. The van der Waals surface area contributed by atoms with Crippen LogP contribution in [0, 0.1) is 16.7 Å². The average Bonchev–Trinajstić information content (AvgIpc) is 2.55. The molecule has 1 unspecified atom stereocenters. The number of nitrogens with zero attached hydrogens (tertiary/aromatic N) is 2. The molecule has 1 aromatic carbocycles. The zero-order valence-corrected chi connectivity index (χ0v) is 13.0. The minimum atomic E-state index is -0.417. The minimum absolute atomic E-state index is 0.107. The Labute approximate surface area is 131 Å². The third-order valence-corrected chi connectivity index (χ3v) is 3.89. The number of piperidine rings is 1. The van der Waals surface area contributed by atoms with Gasteiger partial charge in [0.2, 0.25) is 0 Å². The number of urea groups is 1. The topological polar surface area (TPSA) is 65.4 Å². The van der Waals surface area contributed by atoms with Crippen LogP contribution in [0.3, 0.4) is 0 Å². The molecule has 1 N–H and O–H groups in total. The molecule has 1 saturated heterocycles. The highest BCUT2D eigenvalue weighted by Gasteiger charge is 2.32. The molecule has 118 valence electrons. The van der Waals surface area contributed by atoms with Crippen LogP contribution in [0.25, 0.3) is 0 Å². The summed E-state index contributed by atoms with van der Waals surface area (Å²) < 4.78 is 5.53. The van der Waals surface area contributed by atoms with E-state index in [0.29, 0.717) is 32.8 Å². The highest BCUT2D eigenvalue weighted by molar-refractivity contribution is 5.74. The molecule has 1 atom stereocenters. The quantitative estimate of drug-likeness (QED) is 0.850. The van der Waals surface area contributed by atoms with Crippen molar-refractivity contribution in [3.05, 3.63) is 35.9 Å². The van der Waals surface area contributed by atoms with Gasteiger partial charge < -0.3 is 15.0 Å². The summed E-state index contributed by atoms with van der Waals surface area (Å²) in [5.74, 6) is 0. The standard InChI is InChI=1S/C17H23N3O2/c1-17(13-18)8-5-10-20(14-17)16(21)19-9-11-22-12-15-6-3-2-4-7-15/h2-4,6-7H,5,8-12,14H2,1H3,(H,19,21). The van der Waals surface area contributed by atoms with Crippen LogP contribution in [0.5, 0.6) is 0 Å². The normalized spacial score (nSPS) is 21.2. The Morgan fingerprint density at radius 1 is 1.45 bits per heavy atom. The summed E-state index contributed by atoms with van der Waals surface area (Å²) >= 11 is 0. The van der Waals surface area contributed by atoms with Crippen molar-refractivity contribution in [1.82, 2.24) is 10.2 Å². The fourth-order valence-electron chi connectivity index (χ4n) is 2.61. The number of rotatable bonds is 5. The number of nitriles is 1. The van der Waals surface area contributed by atoms with Crippen molar-refractivity contribution in [1.29, 1.82) is 5.26 Å². The van der Waals surface area contributed by atoms with Crippen LogP contribution in [-0.4, -0.2) is 37.2 Å². The van der Waals surface area contributed by atoms with Gasteiger partial charge in [-0.1, -0.05) is 30.3 Å². The first-order valence-electron chi connectivity index (χ1n) is 7.69. The zero-order chi connectivity index (χ0) is 15.8. The molecule has 2 rings (SSSR count). The van der Waals surface area contributed by atoms with Crippen molar-refractivity contribution in [2.24, 2.45) is 5.41 Å². The van der Waals surface area contributed by atoms with Gasteiger partial charge in [0.15, 0.2) is 0 Å². The highest BCUT2D eigenvalue weighted by Crippen LogP contribution is 2.28. The van der Waals surface area contributed by atoms with Gasteiger partial charge in [-0.25, -0.2) is 4.79 Å². The average molecular weight is 301 g/mol. The molecular formula is C17H23N3O2. The van der Waals surface area contributed by atoms with Gasteiger partial charge in [0.1, 0.15) is 0 Å². The summed E-state index contributed by atoms with van der Waals surface area (Å²) in [5.41, 5.74) is 0.703. The van der Waals surface area contributed by atoms with E-state index in [9.17, 15) is 10.1 Å². The first-order valence-corrected chi connectivity index (χ1v) is 7.69. The van der Waals surface area contributed by atoms with Gasteiger partial charge in [-0.3, -0.25) is 0 Å². The number of ether oxygens (including phenoxy) is 1. The van der Waals surface area contributed by atoms with E-state index in [2.05, 4.69) is 11.4 Å². The van der Waals surface area contributed by atoms with Crippen molar-refractivity contribution >= 4 is 6.03 Å². The summed E-state index contributed by atoms with van der Waals surface area (Å²) in [6, 6.07) is 12.1. The van der Waals surface area contributed by atoms with Crippen molar-refractivity contribution in [3.63, 3.8) is 0 Å². The van der Waals surface area contributed by atoms with Crippen LogP contribution in [-0.2, 0) is 11.3 Å². The van der Waals surface area contributed by atoms with Crippen molar-refractivity contribution in [2.75, 3.05) is 26.2 Å². The molecule has 0 aliphatic carbocycles. The molecule has 0 aromatic heterocycles. The smallest absolute Gasteiger partial charge is 0.317 e. The number of hydrogen-bond donors (Lipinski definition) is 1. The lowest BCUT2D eigenvalue weighted by atomic mass is 9.84. The molecule has 1 aliphatic heterocycles. The fraction of sp³-hybridized carbons (Fsp3) is 0.529. The molecular weight excluding hydrogens is 278 g/mol. The van der Waals surface area contributed by atoms with E-state index in [-0.39, 0.29) is 6.03 Å². The van der Waals surface area contributed by atoms with E-state index in [0.717, 1.165) is 18.4 Å². The van der Waals surface area contributed by atoms with Crippen LogP contribution in [0.2, 0.25) is 0 Å². The van der Waals surface area contributed by atoms with Crippen LogP contribution >= 0.6 is 0 Å². The van der Waals surface area contributed by atoms with Gasteiger partial charge >= 0.3 is 6.03 Å². The minimum Gasteiger partial charge on any atom is -0.375 e. The third kappa shape index (κ3) is 4.74. The van der Waals surface area contributed by atoms with E-state index in [1.807, 2.05) is 37.3 Å². The number of carbonyl (C=O) groups excluding carboxylic acids is 1. The van der Waals surface area contributed by atoms with Gasteiger partial charge in [0, 0.05) is 19.6 Å². The van der Waals surface area contributed by atoms with Crippen molar-refractivity contribution in [3.8, 4) is 6.07 Å². The van der Waals surface area contributed by atoms with Crippen LogP contribution in [0.15, 0.2) is 30.3 Å². The molecule has 1 fully saturated rings. The lowest BCUT2D eigenvalue weighted by molar-refractivity contribution is 0.116. The maximum atomic E-state index is 12.1. The zero-order valence-electron chi connectivity index (χ0n) is 13.0. The Hall–Kier alpha value is -2.06. The molecule has 1 heterocycles. The van der Waals surface area contributed by atoms with Gasteiger partial charge in [0.25, 0.3) is 0 Å². The summed E-state index contributed by atoms with van der Waals surface area (Å²) in [7, 11) is 0. The summed E-state index contributed by atoms with van der Waals surface area (Å²) in [4.78, 5) is 13.8. The number of benzene rings is 1. The Balaban J connectivity index is 1.64. The molecule has 0 bridgehead atoms. The van der Waals surface area contributed by atoms with Crippen LogP contribution in [0.4, 0.5) is 4.79 Å². The summed E-state index contributed by atoms with van der Waals surface area (Å²) in [5, 5.41) is 12.0. The number of amides is 2. The first-order chi connectivity index (χ1) is 10.6. The summed E-state index contributed by atoms with van der Waals surface area (Å²) in [6.07, 6.45) is 1.73. The first kappa shape index (κ1) is 16.3. The molecule has 0 spiro atoms. The maximum absolute atomic E-state index is 12.1. The SMILES string of the molecule is CC1(C#N)CCCN(C(=O)NCCOCc2ccccc2)C1. The number of carbonyl (C=O) groups is 1. The second-order valence-corrected chi connectivity index (χ2v) is 5.97. The lowest BCUT2D eigenvalue weighted by Crippen LogP contribution is -2.49. The second kappa shape index (κ2) is 7.81. The van der Waals surface area contributed by atoms with Gasteiger partial charge in [-0.2, -0.15) is 5.26 Å². The molecule has 0 saturated carbocycles. The molecule has 0 radical (unpaired) electrons. The van der Waals surface area contributed by atoms with E-state index < -0.39 is 5.41 Å². The molecule has 5 nitrogen and oxygen atoms in total. The molecule has 2 amide bonds. The predicted molar refractivity (Wildman–Crippen MR) is 84.0 cm³/mol. The van der Waals surface area contributed by atoms with Crippen molar-refractivity contribution < 1.29 is 9.53 Å². The second-order valence-electron chi connectivity index (χ2n) is 5.97. The van der Waals surface area contributed by atoms with Crippen LogP contribution < -0.4 is 5.32 Å². The molecule has 1 aromatic rings. The van der Waals surface area contributed by atoms with Gasteiger partial charge in [-0.05, 0) is 25.3 Å². The lowest BCUT2D eigenvalue weighted by Gasteiger charge is -2.35. The van der Waals surface area contributed by atoms with E-state index >= 15 is 0 Å². The van der Waals surface area contributed by atoms with Crippen LogP contribution in [0.1, 0.15) is 25.3 Å². The largest absolute Gasteiger partial charge is 0.375 e.